The Balaban J connectivity index is 1.23. The smallest absolute Gasteiger partial charge is 0.258 e. The molecule has 0 bridgehead atoms. The van der Waals surface area contributed by atoms with Crippen LogP contribution in [0.4, 0.5) is 0 Å². The average molecular weight is 391 g/mol. The normalized spacial score (nSPS) is 11.8. The van der Waals surface area contributed by atoms with E-state index < -0.39 is 0 Å². The SMILES string of the molecule is Cc1ccc(Oc2ccc(OCC(=O)NCc3ccc4c(c3)OCO4)cc2)cc1. The highest BCUT2D eigenvalue weighted by atomic mass is 16.7. The topological polar surface area (TPSA) is 66.0 Å². The van der Waals surface area contributed by atoms with Crippen molar-refractivity contribution in [3.8, 4) is 28.7 Å². The van der Waals surface area contributed by atoms with E-state index in [1.807, 2.05) is 49.4 Å². The summed E-state index contributed by atoms with van der Waals surface area (Å²) in [5.41, 5.74) is 2.11. The number of rotatable bonds is 7. The van der Waals surface area contributed by atoms with Crippen molar-refractivity contribution in [2.75, 3.05) is 13.4 Å². The first-order chi connectivity index (χ1) is 14.2. The summed E-state index contributed by atoms with van der Waals surface area (Å²) in [4.78, 5) is 12.0. The summed E-state index contributed by atoms with van der Waals surface area (Å²) in [6.07, 6.45) is 0. The van der Waals surface area contributed by atoms with Gasteiger partial charge in [0.1, 0.15) is 17.2 Å². The zero-order valence-electron chi connectivity index (χ0n) is 16.0. The van der Waals surface area contributed by atoms with Gasteiger partial charge in [0.25, 0.3) is 5.91 Å². The molecule has 4 rings (SSSR count). The standard InChI is InChI=1S/C23H21NO5/c1-16-2-5-19(6-3-16)29-20-9-7-18(8-10-20)26-14-23(25)24-13-17-4-11-21-22(12-17)28-15-27-21/h2-12H,13-15H2,1H3,(H,24,25). The lowest BCUT2D eigenvalue weighted by molar-refractivity contribution is -0.123. The molecule has 0 spiro atoms. The molecule has 0 radical (unpaired) electrons. The molecule has 0 aromatic heterocycles. The number of carbonyl (C=O) groups excluding carboxylic acids is 1. The number of amides is 1. The predicted molar refractivity (Wildman–Crippen MR) is 108 cm³/mol. The fraction of sp³-hybridized carbons (Fsp3) is 0.174. The zero-order chi connectivity index (χ0) is 20.1. The van der Waals surface area contributed by atoms with Crippen molar-refractivity contribution in [2.45, 2.75) is 13.5 Å². The Labute approximate surface area is 169 Å². The summed E-state index contributed by atoms with van der Waals surface area (Å²) in [7, 11) is 0. The molecule has 0 atom stereocenters. The Bertz CT molecular complexity index is 983. The van der Waals surface area contributed by atoms with Crippen LogP contribution in [0.5, 0.6) is 28.7 Å². The Morgan fingerprint density at radius 1 is 0.897 bits per heavy atom. The van der Waals surface area contributed by atoms with Crippen LogP contribution in [-0.4, -0.2) is 19.3 Å². The summed E-state index contributed by atoms with van der Waals surface area (Å²) < 4.78 is 21.9. The van der Waals surface area contributed by atoms with Crippen molar-refractivity contribution in [3.05, 3.63) is 77.9 Å². The molecule has 0 saturated carbocycles. The van der Waals surface area contributed by atoms with Crippen molar-refractivity contribution in [2.24, 2.45) is 0 Å². The van der Waals surface area contributed by atoms with Crippen LogP contribution in [0.3, 0.4) is 0 Å². The van der Waals surface area contributed by atoms with Crippen LogP contribution >= 0.6 is 0 Å². The van der Waals surface area contributed by atoms with Gasteiger partial charge < -0.3 is 24.3 Å². The number of fused-ring (bicyclic) bond motifs is 1. The first kappa shape index (κ1) is 18.7. The quantitative estimate of drug-likeness (QED) is 0.654. The van der Waals surface area contributed by atoms with E-state index in [9.17, 15) is 4.79 Å². The number of aryl methyl sites for hydroxylation is 1. The van der Waals surface area contributed by atoms with E-state index in [4.69, 9.17) is 18.9 Å². The second-order valence-electron chi connectivity index (χ2n) is 6.64. The molecule has 3 aromatic carbocycles. The third kappa shape index (κ3) is 4.99. The van der Waals surface area contributed by atoms with Crippen molar-refractivity contribution >= 4 is 5.91 Å². The molecule has 0 unspecified atom stereocenters. The number of ether oxygens (including phenoxy) is 4. The van der Waals surface area contributed by atoms with Gasteiger partial charge in [0.15, 0.2) is 18.1 Å². The molecule has 6 heteroatoms. The summed E-state index contributed by atoms with van der Waals surface area (Å²) in [6.45, 7) is 2.58. The summed E-state index contributed by atoms with van der Waals surface area (Å²) in [5.74, 6) is 3.28. The van der Waals surface area contributed by atoms with Crippen LogP contribution < -0.4 is 24.3 Å². The van der Waals surface area contributed by atoms with Gasteiger partial charge in [-0.15, -0.1) is 0 Å². The van der Waals surface area contributed by atoms with E-state index in [0.717, 1.165) is 17.1 Å². The Morgan fingerprint density at radius 2 is 1.55 bits per heavy atom. The number of hydrogen-bond acceptors (Lipinski definition) is 5. The van der Waals surface area contributed by atoms with Crippen molar-refractivity contribution < 1.29 is 23.7 Å². The minimum Gasteiger partial charge on any atom is -0.484 e. The van der Waals surface area contributed by atoms with Gasteiger partial charge in [0, 0.05) is 6.54 Å². The molecular weight excluding hydrogens is 370 g/mol. The van der Waals surface area contributed by atoms with Gasteiger partial charge in [0.05, 0.1) is 0 Å². The predicted octanol–water partition coefficient (Wildman–Crippen LogP) is 4.21. The van der Waals surface area contributed by atoms with E-state index in [1.165, 1.54) is 5.56 Å². The molecule has 0 fully saturated rings. The second kappa shape index (κ2) is 8.56. The van der Waals surface area contributed by atoms with Crippen molar-refractivity contribution in [3.63, 3.8) is 0 Å². The molecule has 0 aliphatic carbocycles. The number of hydrogen-bond donors (Lipinski definition) is 1. The molecule has 1 aliphatic heterocycles. The van der Waals surface area contributed by atoms with E-state index in [0.29, 0.717) is 23.8 Å². The van der Waals surface area contributed by atoms with Crippen LogP contribution in [-0.2, 0) is 11.3 Å². The lowest BCUT2D eigenvalue weighted by atomic mass is 10.2. The molecule has 0 saturated heterocycles. The molecule has 1 aliphatic rings. The molecule has 1 N–H and O–H groups in total. The highest BCUT2D eigenvalue weighted by Crippen LogP contribution is 2.32. The maximum atomic E-state index is 12.0. The van der Waals surface area contributed by atoms with Gasteiger partial charge in [-0.1, -0.05) is 23.8 Å². The molecule has 3 aromatic rings. The van der Waals surface area contributed by atoms with Crippen LogP contribution in [0.1, 0.15) is 11.1 Å². The van der Waals surface area contributed by atoms with E-state index in [2.05, 4.69) is 5.32 Å². The fourth-order valence-corrected chi connectivity index (χ4v) is 2.80. The summed E-state index contributed by atoms with van der Waals surface area (Å²) >= 11 is 0. The average Bonchev–Trinajstić information content (AvgIpc) is 3.21. The number of nitrogens with one attached hydrogen (secondary N) is 1. The highest BCUT2D eigenvalue weighted by Gasteiger charge is 2.13. The zero-order valence-corrected chi connectivity index (χ0v) is 16.0. The lowest BCUT2D eigenvalue weighted by Crippen LogP contribution is -2.28. The summed E-state index contributed by atoms with van der Waals surface area (Å²) in [5, 5.41) is 2.82. The van der Waals surface area contributed by atoms with Crippen LogP contribution in [0.15, 0.2) is 66.7 Å². The maximum Gasteiger partial charge on any atom is 0.258 e. The number of benzene rings is 3. The molecule has 1 heterocycles. The second-order valence-corrected chi connectivity index (χ2v) is 6.64. The minimum atomic E-state index is -0.206. The highest BCUT2D eigenvalue weighted by molar-refractivity contribution is 5.77. The van der Waals surface area contributed by atoms with Crippen LogP contribution in [0.2, 0.25) is 0 Å². The Morgan fingerprint density at radius 3 is 2.31 bits per heavy atom. The van der Waals surface area contributed by atoms with Gasteiger partial charge >= 0.3 is 0 Å². The fourth-order valence-electron chi connectivity index (χ4n) is 2.80. The maximum absolute atomic E-state index is 12.0. The van der Waals surface area contributed by atoms with Crippen LogP contribution in [0.25, 0.3) is 0 Å². The van der Waals surface area contributed by atoms with Gasteiger partial charge in [-0.2, -0.15) is 0 Å². The minimum absolute atomic E-state index is 0.0667. The lowest BCUT2D eigenvalue weighted by Gasteiger charge is -2.09. The summed E-state index contributed by atoms with van der Waals surface area (Å²) in [6, 6.07) is 20.6. The third-order valence-corrected chi connectivity index (χ3v) is 4.38. The van der Waals surface area contributed by atoms with Gasteiger partial charge in [-0.25, -0.2) is 0 Å². The van der Waals surface area contributed by atoms with Gasteiger partial charge in [0.2, 0.25) is 6.79 Å². The van der Waals surface area contributed by atoms with Gasteiger partial charge in [-0.3, -0.25) is 4.79 Å². The first-order valence-electron chi connectivity index (χ1n) is 9.28. The van der Waals surface area contributed by atoms with E-state index in [1.54, 1.807) is 24.3 Å². The molecule has 148 valence electrons. The van der Waals surface area contributed by atoms with Crippen LogP contribution in [0, 0.1) is 6.92 Å². The van der Waals surface area contributed by atoms with Gasteiger partial charge in [-0.05, 0) is 61.0 Å². The molecule has 1 amide bonds. The number of carbonyl (C=O) groups is 1. The van der Waals surface area contributed by atoms with Crippen molar-refractivity contribution in [1.29, 1.82) is 0 Å². The Kier molecular flexibility index (Phi) is 5.52. The first-order valence-corrected chi connectivity index (χ1v) is 9.28. The Hall–Kier alpha value is -3.67. The van der Waals surface area contributed by atoms with E-state index >= 15 is 0 Å². The third-order valence-electron chi connectivity index (χ3n) is 4.38. The van der Waals surface area contributed by atoms with Crippen molar-refractivity contribution in [1.82, 2.24) is 5.32 Å². The molecule has 6 nitrogen and oxygen atoms in total. The monoisotopic (exact) mass is 391 g/mol. The molecular formula is C23H21NO5. The largest absolute Gasteiger partial charge is 0.484 e. The van der Waals surface area contributed by atoms with E-state index in [-0.39, 0.29) is 19.3 Å². The molecule has 29 heavy (non-hydrogen) atoms.